The summed E-state index contributed by atoms with van der Waals surface area (Å²) in [5, 5.41) is 9.78. The van der Waals surface area contributed by atoms with Crippen LogP contribution in [-0.2, 0) is 17.8 Å². The Labute approximate surface area is 141 Å². The fourth-order valence-corrected chi connectivity index (χ4v) is 3.45. The van der Waals surface area contributed by atoms with Gasteiger partial charge in [0.25, 0.3) is 0 Å². The molecule has 0 saturated carbocycles. The zero-order valence-electron chi connectivity index (χ0n) is 13.6. The minimum atomic E-state index is -0.866. The van der Waals surface area contributed by atoms with E-state index >= 15 is 0 Å². The molecule has 1 aliphatic rings. The number of likely N-dealkylation sites (tertiary alicyclic amines) is 1. The second kappa shape index (κ2) is 7.14. The number of rotatable bonds is 5. The normalized spacial score (nSPS) is 17.5. The van der Waals surface area contributed by atoms with Crippen LogP contribution in [0.1, 0.15) is 24.0 Å². The second-order valence-corrected chi connectivity index (χ2v) is 6.62. The van der Waals surface area contributed by atoms with Gasteiger partial charge in [-0.2, -0.15) is 0 Å². The number of piperidine rings is 1. The van der Waals surface area contributed by atoms with Gasteiger partial charge in [0.1, 0.15) is 5.82 Å². The fourth-order valence-electron chi connectivity index (χ4n) is 3.45. The van der Waals surface area contributed by atoms with Gasteiger partial charge >= 0.3 is 5.97 Å². The summed E-state index contributed by atoms with van der Waals surface area (Å²) >= 11 is 0. The molecule has 2 aromatic rings. The summed E-state index contributed by atoms with van der Waals surface area (Å²) in [7, 11) is 0. The molecule has 0 unspecified atom stereocenters. The van der Waals surface area contributed by atoms with E-state index in [4.69, 9.17) is 0 Å². The van der Waals surface area contributed by atoms with Crippen molar-refractivity contribution in [2.24, 2.45) is 5.41 Å². The molecule has 1 N–H and O–H groups in total. The Bertz CT molecular complexity index is 694. The Morgan fingerprint density at radius 2 is 1.67 bits per heavy atom. The van der Waals surface area contributed by atoms with Crippen molar-refractivity contribution in [1.82, 2.24) is 4.90 Å². The molecule has 0 bridgehead atoms. The Hall–Kier alpha value is -2.20. The molecule has 3 rings (SSSR count). The third-order valence-electron chi connectivity index (χ3n) is 5.00. The maximum atomic E-state index is 13.9. The van der Waals surface area contributed by atoms with E-state index in [0.717, 1.165) is 19.6 Å². The number of hydrogen-bond donors (Lipinski definition) is 1. The molecule has 0 radical (unpaired) electrons. The highest BCUT2D eigenvalue weighted by Gasteiger charge is 2.41. The predicted octanol–water partition coefficient (Wildman–Crippen LogP) is 3.74. The maximum Gasteiger partial charge on any atom is 0.310 e. The molecule has 0 atom stereocenters. The third-order valence-corrected chi connectivity index (χ3v) is 5.00. The monoisotopic (exact) mass is 327 g/mol. The number of hydrogen-bond acceptors (Lipinski definition) is 2. The molecule has 126 valence electrons. The summed E-state index contributed by atoms with van der Waals surface area (Å²) in [5.41, 5.74) is 0.862. The van der Waals surface area contributed by atoms with Crippen LogP contribution >= 0.6 is 0 Å². The van der Waals surface area contributed by atoms with Gasteiger partial charge in [-0.05, 0) is 49.5 Å². The molecule has 24 heavy (non-hydrogen) atoms. The van der Waals surface area contributed by atoms with Crippen LogP contribution in [0.2, 0.25) is 0 Å². The van der Waals surface area contributed by atoms with Gasteiger partial charge in [0.15, 0.2) is 0 Å². The summed E-state index contributed by atoms with van der Waals surface area (Å²) in [5.74, 6) is -1.13. The van der Waals surface area contributed by atoms with Gasteiger partial charge in [0.2, 0.25) is 0 Å². The number of carbonyl (C=O) groups is 1. The quantitative estimate of drug-likeness (QED) is 0.909. The first-order valence-electron chi connectivity index (χ1n) is 8.32. The first-order chi connectivity index (χ1) is 11.6. The van der Waals surface area contributed by atoms with Crippen LogP contribution in [0.5, 0.6) is 0 Å². The molecule has 1 heterocycles. The van der Waals surface area contributed by atoms with E-state index in [2.05, 4.69) is 17.0 Å². The number of nitrogens with zero attached hydrogens (tertiary/aromatic N) is 1. The lowest BCUT2D eigenvalue weighted by atomic mass is 9.73. The molecule has 0 aromatic heterocycles. The van der Waals surface area contributed by atoms with Crippen molar-refractivity contribution in [1.29, 1.82) is 0 Å². The minimum Gasteiger partial charge on any atom is -0.481 e. The number of carboxylic acid groups (broad SMARTS) is 1. The fraction of sp³-hybridized carbons (Fsp3) is 0.350. The molecule has 2 aromatic carbocycles. The first-order valence-corrected chi connectivity index (χ1v) is 8.32. The van der Waals surface area contributed by atoms with E-state index < -0.39 is 11.4 Å². The number of benzene rings is 2. The zero-order valence-corrected chi connectivity index (χ0v) is 13.6. The van der Waals surface area contributed by atoms with Gasteiger partial charge in [-0.15, -0.1) is 0 Å². The molecular weight excluding hydrogens is 305 g/mol. The van der Waals surface area contributed by atoms with Gasteiger partial charge in [-0.25, -0.2) is 4.39 Å². The number of aliphatic carboxylic acids is 1. The largest absolute Gasteiger partial charge is 0.481 e. The van der Waals surface area contributed by atoms with Crippen molar-refractivity contribution in [3.05, 3.63) is 71.5 Å². The molecule has 0 spiro atoms. The molecule has 3 nitrogen and oxygen atoms in total. The number of carboxylic acids is 1. The zero-order chi connectivity index (χ0) is 17.0. The molecular formula is C20H22FNO2. The van der Waals surface area contributed by atoms with Gasteiger partial charge < -0.3 is 5.11 Å². The molecule has 1 fully saturated rings. The average molecular weight is 327 g/mol. The van der Waals surface area contributed by atoms with E-state index in [1.54, 1.807) is 18.2 Å². The predicted molar refractivity (Wildman–Crippen MR) is 91.1 cm³/mol. The Morgan fingerprint density at radius 3 is 2.29 bits per heavy atom. The van der Waals surface area contributed by atoms with Crippen LogP contribution in [0, 0.1) is 11.2 Å². The van der Waals surface area contributed by atoms with Gasteiger partial charge in [-0.1, -0.05) is 48.5 Å². The molecule has 1 aliphatic heterocycles. The van der Waals surface area contributed by atoms with Crippen molar-refractivity contribution < 1.29 is 14.3 Å². The highest BCUT2D eigenvalue weighted by molar-refractivity contribution is 5.75. The molecule has 1 saturated heterocycles. The first kappa shape index (κ1) is 16.7. The van der Waals surface area contributed by atoms with Crippen LogP contribution in [0.15, 0.2) is 54.6 Å². The topological polar surface area (TPSA) is 40.5 Å². The number of halogens is 1. The lowest BCUT2D eigenvalue weighted by Gasteiger charge is -2.39. The summed E-state index contributed by atoms with van der Waals surface area (Å²) in [4.78, 5) is 14.2. The Morgan fingerprint density at radius 1 is 1.04 bits per heavy atom. The van der Waals surface area contributed by atoms with Crippen LogP contribution in [0.25, 0.3) is 0 Å². The van der Waals surface area contributed by atoms with Crippen molar-refractivity contribution in [3.8, 4) is 0 Å². The van der Waals surface area contributed by atoms with Crippen LogP contribution in [-0.4, -0.2) is 29.1 Å². The highest BCUT2D eigenvalue weighted by atomic mass is 19.1. The van der Waals surface area contributed by atoms with Gasteiger partial charge in [-0.3, -0.25) is 9.69 Å². The van der Waals surface area contributed by atoms with Crippen LogP contribution in [0.3, 0.4) is 0 Å². The van der Waals surface area contributed by atoms with Crippen molar-refractivity contribution >= 4 is 5.97 Å². The van der Waals surface area contributed by atoms with Crippen molar-refractivity contribution in [3.63, 3.8) is 0 Å². The Balaban J connectivity index is 1.68. The van der Waals surface area contributed by atoms with Crippen molar-refractivity contribution in [2.45, 2.75) is 25.8 Å². The SMILES string of the molecule is O=C(O)C1(Cc2ccccc2F)CCN(Cc2ccccc2)CC1. The maximum absolute atomic E-state index is 13.9. The van der Waals surface area contributed by atoms with E-state index in [-0.39, 0.29) is 12.2 Å². The molecule has 0 aliphatic carbocycles. The van der Waals surface area contributed by atoms with Crippen LogP contribution < -0.4 is 0 Å². The van der Waals surface area contributed by atoms with Crippen LogP contribution in [0.4, 0.5) is 4.39 Å². The lowest BCUT2D eigenvalue weighted by molar-refractivity contribution is -0.152. The van der Waals surface area contributed by atoms with E-state index in [1.165, 1.54) is 11.6 Å². The minimum absolute atomic E-state index is 0.258. The van der Waals surface area contributed by atoms with E-state index in [1.807, 2.05) is 18.2 Å². The average Bonchev–Trinajstić information content (AvgIpc) is 2.59. The summed E-state index contributed by atoms with van der Waals surface area (Å²) < 4.78 is 13.9. The third kappa shape index (κ3) is 3.65. The Kier molecular flexibility index (Phi) is 4.95. The van der Waals surface area contributed by atoms with Crippen molar-refractivity contribution in [2.75, 3.05) is 13.1 Å². The van der Waals surface area contributed by atoms with Gasteiger partial charge in [0.05, 0.1) is 5.41 Å². The molecule has 0 amide bonds. The van der Waals surface area contributed by atoms with Gasteiger partial charge in [0, 0.05) is 6.54 Å². The summed E-state index contributed by atoms with van der Waals surface area (Å²) in [6.07, 6.45) is 1.35. The summed E-state index contributed by atoms with van der Waals surface area (Å²) in [6, 6.07) is 16.7. The lowest BCUT2D eigenvalue weighted by Crippen LogP contribution is -2.45. The summed E-state index contributed by atoms with van der Waals surface area (Å²) in [6.45, 7) is 2.27. The second-order valence-electron chi connectivity index (χ2n) is 6.62. The molecule has 4 heteroatoms. The standard InChI is InChI=1S/C20H22FNO2/c21-18-9-5-4-8-17(18)14-20(19(23)24)10-12-22(13-11-20)15-16-6-2-1-3-7-16/h1-9H,10-15H2,(H,23,24). The smallest absolute Gasteiger partial charge is 0.310 e. The van der Waals surface area contributed by atoms with E-state index in [0.29, 0.717) is 18.4 Å². The highest BCUT2D eigenvalue weighted by Crippen LogP contribution is 2.36. The van der Waals surface area contributed by atoms with E-state index in [9.17, 15) is 14.3 Å².